The molecule has 0 aliphatic heterocycles. The smallest absolute Gasteiger partial charge is 0.271 e. The molecule has 0 aliphatic rings. The number of carbonyl (C=O) groups is 1. The van der Waals surface area contributed by atoms with Crippen molar-refractivity contribution in [2.75, 3.05) is 18.9 Å². The molecule has 1 aromatic carbocycles. The van der Waals surface area contributed by atoms with Crippen LogP contribution in [0.3, 0.4) is 0 Å². The summed E-state index contributed by atoms with van der Waals surface area (Å²) in [6.45, 7) is 1.11. The fraction of sp³-hybridized carbons (Fsp3) is 0.188. The molecule has 1 aromatic heterocycles. The maximum absolute atomic E-state index is 12.0. The summed E-state index contributed by atoms with van der Waals surface area (Å²) < 4.78 is 0. The van der Waals surface area contributed by atoms with Crippen LogP contribution in [-0.4, -0.2) is 30.8 Å². The van der Waals surface area contributed by atoms with Gasteiger partial charge in [-0.05, 0) is 17.8 Å². The van der Waals surface area contributed by atoms with Crippen molar-refractivity contribution >= 4 is 28.7 Å². The Morgan fingerprint density at radius 2 is 2.17 bits per heavy atom. The second-order valence-corrected chi connectivity index (χ2v) is 5.40. The van der Waals surface area contributed by atoms with Crippen LogP contribution >= 0.6 is 11.3 Å². The number of thiazole rings is 1. The number of aliphatic imine (C=N–C) groups is 1. The highest BCUT2D eigenvalue weighted by Gasteiger charge is 2.09. The highest BCUT2D eigenvalue weighted by Crippen LogP contribution is 2.15. The van der Waals surface area contributed by atoms with Gasteiger partial charge < -0.3 is 16.0 Å². The van der Waals surface area contributed by atoms with E-state index in [1.807, 2.05) is 36.4 Å². The summed E-state index contributed by atoms with van der Waals surface area (Å²) in [5.41, 5.74) is 1.48. The zero-order valence-corrected chi connectivity index (χ0v) is 13.6. The fourth-order valence-corrected chi connectivity index (χ4v) is 2.42. The predicted molar refractivity (Wildman–Crippen MR) is 94.9 cm³/mol. The minimum absolute atomic E-state index is 0.172. The zero-order valence-electron chi connectivity index (χ0n) is 12.8. The monoisotopic (exact) mass is 329 g/mol. The molecular formula is C16H19N5OS. The summed E-state index contributed by atoms with van der Waals surface area (Å²) in [6.07, 6.45) is 5.27. The summed E-state index contributed by atoms with van der Waals surface area (Å²) >= 11 is 1.40. The van der Waals surface area contributed by atoms with Gasteiger partial charge in [0.15, 0.2) is 5.13 Å². The molecule has 0 saturated heterocycles. The first-order valence-electron chi connectivity index (χ1n) is 7.13. The van der Waals surface area contributed by atoms with Crippen LogP contribution < -0.4 is 16.0 Å². The summed E-state index contributed by atoms with van der Waals surface area (Å²) in [6, 6.07) is 9.78. The first kappa shape index (κ1) is 16.7. The molecule has 0 aliphatic carbocycles. The van der Waals surface area contributed by atoms with Gasteiger partial charge in [0.2, 0.25) is 0 Å². The molecule has 0 fully saturated rings. The Morgan fingerprint density at radius 1 is 1.35 bits per heavy atom. The van der Waals surface area contributed by atoms with Gasteiger partial charge in [-0.25, -0.2) is 4.98 Å². The molecule has 0 unspecified atom stereocenters. The minimum Gasteiger partial charge on any atom is -0.358 e. The second-order valence-electron chi connectivity index (χ2n) is 4.54. The van der Waals surface area contributed by atoms with Crippen molar-refractivity contribution in [3.8, 4) is 0 Å². The van der Waals surface area contributed by atoms with E-state index in [0.717, 1.165) is 5.56 Å². The average molecular weight is 329 g/mol. The van der Waals surface area contributed by atoms with Gasteiger partial charge in [0.05, 0.1) is 6.34 Å². The summed E-state index contributed by atoms with van der Waals surface area (Å²) in [5, 5.41) is 11.3. The third-order valence-electron chi connectivity index (χ3n) is 2.82. The number of hydrogen-bond acceptors (Lipinski definition) is 5. The highest BCUT2D eigenvalue weighted by molar-refractivity contribution is 7.13. The molecule has 6 nitrogen and oxygen atoms in total. The minimum atomic E-state index is -0.172. The van der Waals surface area contributed by atoms with E-state index < -0.39 is 0 Å². The Bertz CT molecular complexity index is 666. The molecule has 120 valence electrons. The maximum atomic E-state index is 12.0. The van der Waals surface area contributed by atoms with Gasteiger partial charge in [-0.1, -0.05) is 30.3 Å². The van der Waals surface area contributed by atoms with Gasteiger partial charge in [0.1, 0.15) is 5.69 Å². The summed E-state index contributed by atoms with van der Waals surface area (Å²) in [4.78, 5) is 20.1. The standard InChI is InChI=1S/C16H19N5OS/c1-17-12-18-8-5-9-19-16-21-14(11-23-16)15(22)20-10-13-6-3-2-4-7-13/h2-8,11-12H,9-10H2,1H3,(H,17,18)(H,19,21)(H,20,22)/b8-5-. The van der Waals surface area contributed by atoms with Crippen LogP contribution in [0.15, 0.2) is 53.0 Å². The van der Waals surface area contributed by atoms with E-state index in [9.17, 15) is 4.79 Å². The quantitative estimate of drug-likeness (QED) is 0.513. The van der Waals surface area contributed by atoms with Gasteiger partial charge in [-0.2, -0.15) is 0 Å². The first-order chi connectivity index (χ1) is 11.3. The Hall–Kier alpha value is -2.67. The number of nitrogens with zero attached hydrogens (tertiary/aromatic N) is 2. The number of benzene rings is 1. The first-order valence-corrected chi connectivity index (χ1v) is 8.01. The molecule has 0 bridgehead atoms. The Balaban J connectivity index is 1.77. The molecule has 0 spiro atoms. The number of nitrogens with one attached hydrogen (secondary N) is 3. The van der Waals surface area contributed by atoms with E-state index in [1.165, 1.54) is 11.3 Å². The number of aromatic nitrogens is 1. The van der Waals surface area contributed by atoms with Crippen LogP contribution in [0.5, 0.6) is 0 Å². The molecule has 2 rings (SSSR count). The number of carbonyl (C=O) groups excluding carboxylic acids is 1. The molecular weight excluding hydrogens is 310 g/mol. The fourth-order valence-electron chi connectivity index (χ4n) is 1.72. The number of rotatable bonds is 8. The molecule has 7 heteroatoms. The van der Waals surface area contributed by atoms with Crippen molar-refractivity contribution in [2.24, 2.45) is 4.99 Å². The average Bonchev–Trinajstić information content (AvgIpc) is 3.06. The van der Waals surface area contributed by atoms with Crippen LogP contribution in [0.2, 0.25) is 0 Å². The van der Waals surface area contributed by atoms with Gasteiger partial charge in [-0.15, -0.1) is 11.3 Å². The molecule has 0 saturated carbocycles. The van der Waals surface area contributed by atoms with Crippen molar-refractivity contribution in [2.45, 2.75) is 6.54 Å². The lowest BCUT2D eigenvalue weighted by Gasteiger charge is -2.03. The van der Waals surface area contributed by atoms with Gasteiger partial charge in [0, 0.05) is 25.5 Å². The maximum Gasteiger partial charge on any atom is 0.271 e. The van der Waals surface area contributed by atoms with Crippen LogP contribution in [-0.2, 0) is 6.54 Å². The van der Waals surface area contributed by atoms with Crippen molar-refractivity contribution in [1.29, 1.82) is 0 Å². The van der Waals surface area contributed by atoms with Crippen LogP contribution in [0.4, 0.5) is 5.13 Å². The third-order valence-corrected chi connectivity index (χ3v) is 3.62. The zero-order chi connectivity index (χ0) is 16.3. The largest absolute Gasteiger partial charge is 0.358 e. The van der Waals surface area contributed by atoms with Crippen molar-refractivity contribution in [1.82, 2.24) is 15.6 Å². The van der Waals surface area contributed by atoms with E-state index in [-0.39, 0.29) is 5.91 Å². The van der Waals surface area contributed by atoms with Crippen molar-refractivity contribution in [3.63, 3.8) is 0 Å². The highest BCUT2D eigenvalue weighted by atomic mass is 32.1. The molecule has 23 heavy (non-hydrogen) atoms. The van der Waals surface area contributed by atoms with Crippen molar-refractivity contribution in [3.05, 3.63) is 59.2 Å². The summed E-state index contributed by atoms with van der Waals surface area (Å²) in [7, 11) is 1.69. The molecule has 2 aromatic rings. The molecule has 0 radical (unpaired) electrons. The van der Waals surface area contributed by atoms with Crippen LogP contribution in [0.1, 0.15) is 16.1 Å². The Morgan fingerprint density at radius 3 is 2.96 bits per heavy atom. The van der Waals surface area contributed by atoms with Crippen LogP contribution in [0.25, 0.3) is 0 Å². The molecule has 1 amide bonds. The lowest BCUT2D eigenvalue weighted by molar-refractivity contribution is 0.0946. The van der Waals surface area contributed by atoms with E-state index >= 15 is 0 Å². The molecule has 1 heterocycles. The van der Waals surface area contributed by atoms with Gasteiger partial charge >= 0.3 is 0 Å². The lowest BCUT2D eigenvalue weighted by Crippen LogP contribution is -2.23. The van der Waals surface area contributed by atoms with E-state index in [2.05, 4.69) is 25.9 Å². The SMILES string of the molecule is CN=CN/C=C\CNc1nc(C(=O)NCc2ccccc2)cs1. The van der Waals surface area contributed by atoms with E-state index in [0.29, 0.717) is 23.9 Å². The Labute approximate surface area is 139 Å². The lowest BCUT2D eigenvalue weighted by atomic mass is 10.2. The van der Waals surface area contributed by atoms with Crippen molar-refractivity contribution < 1.29 is 4.79 Å². The molecule has 3 N–H and O–H groups in total. The third kappa shape index (κ3) is 5.91. The van der Waals surface area contributed by atoms with Crippen LogP contribution in [0, 0.1) is 0 Å². The Kier molecular flexibility index (Phi) is 6.80. The molecule has 0 atom stereocenters. The number of amides is 1. The number of hydrogen-bond donors (Lipinski definition) is 3. The van der Waals surface area contributed by atoms with Gasteiger partial charge in [0.25, 0.3) is 5.91 Å². The summed E-state index contributed by atoms with van der Waals surface area (Å²) in [5.74, 6) is -0.172. The number of anilines is 1. The van der Waals surface area contributed by atoms with Gasteiger partial charge in [-0.3, -0.25) is 9.79 Å². The van der Waals surface area contributed by atoms with E-state index in [1.54, 1.807) is 25.0 Å². The van der Waals surface area contributed by atoms with E-state index in [4.69, 9.17) is 0 Å². The normalized spacial score (nSPS) is 11.0. The predicted octanol–water partition coefficient (Wildman–Crippen LogP) is 2.25. The topological polar surface area (TPSA) is 78.4 Å². The second kappa shape index (κ2) is 9.37.